The standard InChI is InChI=1S/C32H33ClN2O7/c1-3-41-26-13-18(12-25(33)28(26)42-17-27(36)40-2)11-24-29(37)34-31(39)35(30(24)38)23-6-4-22(5-7-23)32-14-19-8-20(15-32)10-21(9-19)16-32/h4-7,11-13,19-21H,3,8-10,14-17H2,1-2H3,(H,34,37,39)/b24-11+. The lowest BCUT2D eigenvalue weighted by atomic mass is 9.48. The molecule has 2 aromatic carbocycles. The van der Waals surface area contributed by atoms with E-state index in [1.807, 2.05) is 12.1 Å². The fourth-order valence-corrected chi connectivity index (χ4v) is 8.02. The van der Waals surface area contributed by atoms with Gasteiger partial charge in [-0.05, 0) is 110 Å². The third-order valence-electron chi connectivity index (χ3n) is 9.08. The van der Waals surface area contributed by atoms with Crippen molar-refractivity contribution in [2.24, 2.45) is 17.8 Å². The maximum Gasteiger partial charge on any atom is 0.343 e. The molecule has 1 heterocycles. The van der Waals surface area contributed by atoms with Gasteiger partial charge in [0.2, 0.25) is 0 Å². The van der Waals surface area contributed by atoms with Crippen LogP contribution in [0.4, 0.5) is 10.5 Å². The number of carbonyl (C=O) groups is 4. The van der Waals surface area contributed by atoms with E-state index in [0.717, 1.165) is 22.7 Å². The average molecular weight is 593 g/mol. The molecule has 4 aliphatic carbocycles. The van der Waals surface area contributed by atoms with Crippen LogP contribution in [0.15, 0.2) is 42.0 Å². The van der Waals surface area contributed by atoms with E-state index in [1.54, 1.807) is 19.1 Å². The van der Waals surface area contributed by atoms with Crippen molar-refractivity contribution in [2.45, 2.75) is 50.9 Å². The molecule has 0 radical (unpaired) electrons. The Hall–Kier alpha value is -3.85. The second-order valence-corrected chi connectivity index (χ2v) is 12.2. The Kier molecular flexibility index (Phi) is 7.47. The van der Waals surface area contributed by atoms with E-state index in [4.69, 9.17) is 21.1 Å². The normalized spacial score (nSPS) is 27.3. The summed E-state index contributed by atoms with van der Waals surface area (Å²) in [6.07, 6.45) is 9.03. The highest BCUT2D eigenvalue weighted by Crippen LogP contribution is 2.60. The first-order chi connectivity index (χ1) is 20.2. The van der Waals surface area contributed by atoms with E-state index in [9.17, 15) is 19.2 Å². The molecule has 0 aromatic heterocycles. The Labute approximate surface area is 249 Å². The first kappa shape index (κ1) is 28.3. The Balaban J connectivity index is 1.26. The highest BCUT2D eigenvalue weighted by atomic mass is 35.5. The number of benzene rings is 2. The van der Waals surface area contributed by atoms with E-state index in [0.29, 0.717) is 11.3 Å². The van der Waals surface area contributed by atoms with Crippen molar-refractivity contribution in [3.8, 4) is 11.5 Å². The number of barbiturate groups is 1. The van der Waals surface area contributed by atoms with Crippen LogP contribution in [0.2, 0.25) is 5.02 Å². The van der Waals surface area contributed by atoms with E-state index >= 15 is 0 Å². The van der Waals surface area contributed by atoms with E-state index in [2.05, 4.69) is 10.1 Å². The number of anilines is 1. The highest BCUT2D eigenvalue weighted by molar-refractivity contribution is 6.39. The zero-order chi connectivity index (χ0) is 29.6. The van der Waals surface area contributed by atoms with Crippen LogP contribution in [0.5, 0.6) is 11.5 Å². The van der Waals surface area contributed by atoms with Crippen LogP contribution in [-0.2, 0) is 24.5 Å². The van der Waals surface area contributed by atoms with Gasteiger partial charge >= 0.3 is 12.0 Å². The molecule has 10 heteroatoms. The van der Waals surface area contributed by atoms with Gasteiger partial charge in [-0.3, -0.25) is 14.9 Å². The first-order valence-electron chi connectivity index (χ1n) is 14.4. The number of hydrogen-bond acceptors (Lipinski definition) is 7. The molecule has 2 aromatic rings. The molecule has 220 valence electrons. The molecule has 9 nitrogen and oxygen atoms in total. The van der Waals surface area contributed by atoms with Crippen LogP contribution in [-0.4, -0.2) is 44.1 Å². The lowest BCUT2D eigenvalue weighted by Gasteiger charge is -2.57. The summed E-state index contributed by atoms with van der Waals surface area (Å²) < 4.78 is 15.7. The Morgan fingerprint density at radius 2 is 1.67 bits per heavy atom. The topological polar surface area (TPSA) is 111 Å². The molecule has 0 atom stereocenters. The van der Waals surface area contributed by atoms with Gasteiger partial charge in [0, 0.05) is 0 Å². The quantitative estimate of drug-likeness (QED) is 0.247. The number of nitrogens with zero attached hydrogens (tertiary/aromatic N) is 1. The maximum atomic E-state index is 13.6. The summed E-state index contributed by atoms with van der Waals surface area (Å²) in [6, 6.07) is 9.91. The number of hydrogen-bond donors (Lipinski definition) is 1. The molecule has 5 fully saturated rings. The highest BCUT2D eigenvalue weighted by Gasteiger charge is 2.51. The van der Waals surface area contributed by atoms with Gasteiger partial charge in [0.15, 0.2) is 18.1 Å². The molecular formula is C32H33ClN2O7. The van der Waals surface area contributed by atoms with E-state index in [1.165, 1.54) is 69.4 Å². The number of rotatable bonds is 8. The predicted octanol–water partition coefficient (Wildman–Crippen LogP) is 5.42. The maximum absolute atomic E-state index is 13.6. The van der Waals surface area contributed by atoms with Crippen molar-refractivity contribution >= 4 is 47.2 Å². The number of esters is 1. The zero-order valence-electron chi connectivity index (χ0n) is 23.6. The molecular weight excluding hydrogens is 560 g/mol. The van der Waals surface area contributed by atoms with Gasteiger partial charge in [0.25, 0.3) is 11.8 Å². The average Bonchev–Trinajstić information content (AvgIpc) is 2.94. The van der Waals surface area contributed by atoms with Crippen LogP contribution in [0.1, 0.15) is 56.6 Å². The van der Waals surface area contributed by atoms with Crippen molar-refractivity contribution in [3.63, 3.8) is 0 Å². The third kappa shape index (κ3) is 5.15. The van der Waals surface area contributed by atoms with Crippen LogP contribution >= 0.6 is 11.6 Å². The van der Waals surface area contributed by atoms with E-state index in [-0.39, 0.29) is 40.7 Å². The lowest BCUT2D eigenvalue weighted by molar-refractivity contribution is -0.143. The summed E-state index contributed by atoms with van der Waals surface area (Å²) >= 11 is 6.43. The third-order valence-corrected chi connectivity index (χ3v) is 9.36. The molecule has 4 bridgehead atoms. The first-order valence-corrected chi connectivity index (χ1v) is 14.8. The minimum absolute atomic E-state index is 0.105. The van der Waals surface area contributed by atoms with Gasteiger partial charge in [-0.25, -0.2) is 14.5 Å². The summed E-state index contributed by atoms with van der Waals surface area (Å²) in [7, 11) is 1.24. The largest absolute Gasteiger partial charge is 0.490 e. The number of nitrogens with one attached hydrogen (secondary N) is 1. The minimum atomic E-state index is -0.813. The summed E-state index contributed by atoms with van der Waals surface area (Å²) in [5.74, 6) is 0.592. The molecule has 5 aliphatic rings. The molecule has 1 aliphatic heterocycles. The predicted molar refractivity (Wildman–Crippen MR) is 155 cm³/mol. The minimum Gasteiger partial charge on any atom is -0.490 e. The Morgan fingerprint density at radius 1 is 1.02 bits per heavy atom. The number of halogens is 1. The van der Waals surface area contributed by atoms with Crippen LogP contribution < -0.4 is 19.7 Å². The summed E-state index contributed by atoms with van der Waals surface area (Å²) in [4.78, 5) is 51.8. The fourth-order valence-electron chi connectivity index (χ4n) is 7.75. The van der Waals surface area contributed by atoms with E-state index < -0.39 is 23.8 Å². The zero-order valence-corrected chi connectivity index (χ0v) is 24.4. The molecule has 4 saturated carbocycles. The van der Waals surface area contributed by atoms with Crippen LogP contribution in [0.25, 0.3) is 6.08 Å². The van der Waals surface area contributed by atoms with Gasteiger partial charge < -0.3 is 14.2 Å². The molecule has 0 spiro atoms. The Morgan fingerprint density at radius 3 is 2.26 bits per heavy atom. The van der Waals surface area contributed by atoms with Crippen molar-refractivity contribution in [1.82, 2.24) is 5.32 Å². The SMILES string of the molecule is CCOc1cc(/C=C2\C(=O)NC(=O)N(c3ccc(C45CC6CC(CC(C6)C4)C5)cc3)C2=O)cc(Cl)c1OCC(=O)OC. The lowest BCUT2D eigenvalue weighted by Crippen LogP contribution is -2.54. The monoisotopic (exact) mass is 592 g/mol. The van der Waals surface area contributed by atoms with Gasteiger partial charge in [-0.2, -0.15) is 0 Å². The number of methoxy groups -OCH3 is 1. The molecule has 42 heavy (non-hydrogen) atoms. The van der Waals surface area contributed by atoms with Crippen molar-refractivity contribution in [1.29, 1.82) is 0 Å². The van der Waals surface area contributed by atoms with Gasteiger partial charge in [0.05, 0.1) is 24.4 Å². The van der Waals surface area contributed by atoms with Gasteiger partial charge in [-0.1, -0.05) is 23.7 Å². The number of urea groups is 1. The number of amides is 4. The summed E-state index contributed by atoms with van der Waals surface area (Å²) in [5.41, 5.74) is 1.99. The summed E-state index contributed by atoms with van der Waals surface area (Å²) in [5, 5.41) is 2.38. The van der Waals surface area contributed by atoms with Crippen molar-refractivity contribution < 1.29 is 33.4 Å². The number of carbonyl (C=O) groups excluding carboxylic acids is 4. The number of ether oxygens (including phenoxy) is 3. The number of imide groups is 2. The second-order valence-electron chi connectivity index (χ2n) is 11.8. The molecule has 1 N–H and O–H groups in total. The van der Waals surface area contributed by atoms with Crippen LogP contribution in [0, 0.1) is 17.8 Å². The molecule has 4 amide bonds. The molecule has 0 unspecified atom stereocenters. The second kappa shape index (κ2) is 11.1. The van der Waals surface area contributed by atoms with Gasteiger partial charge in [0.1, 0.15) is 5.57 Å². The van der Waals surface area contributed by atoms with Gasteiger partial charge in [-0.15, -0.1) is 0 Å². The Bertz CT molecular complexity index is 1450. The smallest absolute Gasteiger partial charge is 0.343 e. The molecule has 1 saturated heterocycles. The summed E-state index contributed by atoms with van der Waals surface area (Å²) in [6.45, 7) is 1.65. The molecule has 7 rings (SSSR count). The van der Waals surface area contributed by atoms with Crippen molar-refractivity contribution in [3.05, 3.63) is 58.1 Å². The van der Waals surface area contributed by atoms with Crippen molar-refractivity contribution in [2.75, 3.05) is 25.2 Å². The van der Waals surface area contributed by atoms with Crippen LogP contribution in [0.3, 0.4) is 0 Å². The fraction of sp³-hybridized carbons (Fsp3) is 0.438.